The summed E-state index contributed by atoms with van der Waals surface area (Å²) in [6.07, 6.45) is 2.50. The molecule has 1 aliphatic carbocycles. The van der Waals surface area contributed by atoms with Crippen molar-refractivity contribution in [3.05, 3.63) is 11.8 Å². The first-order valence-electron chi connectivity index (χ1n) is 6.39. The molecule has 1 aromatic rings. The Morgan fingerprint density at radius 2 is 2.06 bits per heavy atom. The van der Waals surface area contributed by atoms with Crippen molar-refractivity contribution < 1.29 is 0 Å². The van der Waals surface area contributed by atoms with Crippen LogP contribution >= 0.6 is 0 Å². The van der Waals surface area contributed by atoms with Crippen LogP contribution in [-0.4, -0.2) is 42.2 Å². The Hall–Kier alpha value is -1.36. The summed E-state index contributed by atoms with van der Waals surface area (Å²) in [5.74, 6) is 1.85. The molecule has 0 amide bonds. The molecule has 2 N–H and O–H groups in total. The topological polar surface area (TPSA) is 53.1 Å². The van der Waals surface area contributed by atoms with Gasteiger partial charge in [0.05, 0.1) is 0 Å². The van der Waals surface area contributed by atoms with Gasteiger partial charge in [0.2, 0.25) is 5.95 Å². The van der Waals surface area contributed by atoms with Crippen molar-refractivity contribution in [1.29, 1.82) is 0 Å². The molecule has 0 bridgehead atoms. The van der Waals surface area contributed by atoms with Crippen molar-refractivity contribution in [2.45, 2.75) is 25.8 Å². The van der Waals surface area contributed by atoms with Crippen LogP contribution in [0.2, 0.25) is 0 Å². The highest BCUT2D eigenvalue weighted by Crippen LogP contribution is 2.24. The average molecular weight is 233 g/mol. The molecule has 0 aromatic carbocycles. The van der Waals surface area contributed by atoms with Crippen LogP contribution in [0.5, 0.6) is 0 Å². The van der Waals surface area contributed by atoms with Gasteiger partial charge in [-0.2, -0.15) is 4.98 Å². The van der Waals surface area contributed by atoms with Crippen LogP contribution in [0, 0.1) is 6.92 Å². The Labute approximate surface area is 102 Å². The second-order valence-electron chi connectivity index (χ2n) is 4.85. The van der Waals surface area contributed by atoms with Crippen LogP contribution < -0.4 is 15.5 Å². The number of anilines is 2. The molecular weight excluding hydrogens is 214 g/mol. The molecule has 17 heavy (non-hydrogen) atoms. The minimum atomic E-state index is 0.604. The fourth-order valence-corrected chi connectivity index (χ4v) is 2.08. The normalized spacial score (nSPS) is 20.4. The molecule has 2 heterocycles. The van der Waals surface area contributed by atoms with Gasteiger partial charge in [-0.3, -0.25) is 0 Å². The summed E-state index contributed by atoms with van der Waals surface area (Å²) in [4.78, 5) is 11.4. The van der Waals surface area contributed by atoms with Gasteiger partial charge in [-0.25, -0.2) is 4.98 Å². The van der Waals surface area contributed by atoms with Gasteiger partial charge in [0.15, 0.2) is 0 Å². The number of nitrogens with one attached hydrogen (secondary N) is 2. The second kappa shape index (κ2) is 4.49. The van der Waals surface area contributed by atoms with Crippen molar-refractivity contribution in [2.24, 2.45) is 0 Å². The Balaban J connectivity index is 1.79. The summed E-state index contributed by atoms with van der Waals surface area (Å²) in [5.41, 5.74) is 1.04. The van der Waals surface area contributed by atoms with Crippen molar-refractivity contribution >= 4 is 11.8 Å². The summed E-state index contributed by atoms with van der Waals surface area (Å²) >= 11 is 0. The van der Waals surface area contributed by atoms with Crippen molar-refractivity contribution in [3.8, 4) is 0 Å². The van der Waals surface area contributed by atoms with Gasteiger partial charge < -0.3 is 15.5 Å². The quantitative estimate of drug-likeness (QED) is 0.807. The number of hydrogen-bond donors (Lipinski definition) is 2. The molecular formula is C12H19N5. The molecule has 5 nitrogen and oxygen atoms in total. The fourth-order valence-electron chi connectivity index (χ4n) is 2.08. The van der Waals surface area contributed by atoms with Gasteiger partial charge in [0.1, 0.15) is 5.82 Å². The van der Waals surface area contributed by atoms with Crippen LogP contribution in [0.25, 0.3) is 0 Å². The fraction of sp³-hybridized carbons (Fsp3) is 0.667. The minimum Gasteiger partial charge on any atom is -0.354 e. The van der Waals surface area contributed by atoms with E-state index in [9.17, 15) is 0 Å². The van der Waals surface area contributed by atoms with Gasteiger partial charge in [-0.05, 0) is 19.8 Å². The molecule has 1 aromatic heterocycles. The smallest absolute Gasteiger partial charge is 0.225 e. The first kappa shape index (κ1) is 10.8. The van der Waals surface area contributed by atoms with Gasteiger partial charge in [0, 0.05) is 44.0 Å². The van der Waals surface area contributed by atoms with E-state index in [0.29, 0.717) is 6.04 Å². The predicted molar refractivity (Wildman–Crippen MR) is 68.5 cm³/mol. The monoisotopic (exact) mass is 233 g/mol. The lowest BCUT2D eigenvalue weighted by Crippen LogP contribution is -2.44. The maximum absolute atomic E-state index is 4.61. The number of piperazine rings is 1. The third-order valence-electron chi connectivity index (χ3n) is 3.19. The van der Waals surface area contributed by atoms with E-state index < -0.39 is 0 Å². The lowest BCUT2D eigenvalue weighted by Gasteiger charge is -2.28. The van der Waals surface area contributed by atoms with E-state index in [4.69, 9.17) is 0 Å². The lowest BCUT2D eigenvalue weighted by molar-refractivity contribution is 0.584. The average Bonchev–Trinajstić information content (AvgIpc) is 3.13. The summed E-state index contributed by atoms with van der Waals surface area (Å²) in [6, 6.07) is 2.68. The van der Waals surface area contributed by atoms with Crippen molar-refractivity contribution in [2.75, 3.05) is 36.4 Å². The molecule has 2 fully saturated rings. The third kappa shape index (κ3) is 2.66. The molecule has 2 aliphatic rings. The number of nitrogens with zero attached hydrogens (tertiary/aromatic N) is 3. The number of hydrogen-bond acceptors (Lipinski definition) is 5. The predicted octanol–water partition coefficient (Wildman–Crippen LogP) is 0.769. The second-order valence-corrected chi connectivity index (χ2v) is 4.85. The van der Waals surface area contributed by atoms with Crippen molar-refractivity contribution in [3.63, 3.8) is 0 Å². The summed E-state index contributed by atoms with van der Waals surface area (Å²) in [5, 5.41) is 6.73. The van der Waals surface area contributed by atoms with Crippen LogP contribution in [0.15, 0.2) is 6.07 Å². The number of rotatable bonds is 3. The molecule has 1 saturated heterocycles. The SMILES string of the molecule is Cc1cc(N2CCNCC2)nc(NC2CC2)n1. The zero-order chi connectivity index (χ0) is 11.7. The third-order valence-corrected chi connectivity index (χ3v) is 3.19. The largest absolute Gasteiger partial charge is 0.354 e. The van der Waals surface area contributed by atoms with E-state index in [0.717, 1.165) is 43.6 Å². The standard InChI is InChI=1S/C12H19N5/c1-9-8-11(17-6-4-13-5-7-17)16-12(14-9)15-10-2-3-10/h8,10,13H,2-7H2,1H3,(H,14,15,16). The number of aromatic nitrogens is 2. The molecule has 0 atom stereocenters. The summed E-state index contributed by atoms with van der Waals surface area (Å²) < 4.78 is 0. The Morgan fingerprint density at radius 3 is 2.76 bits per heavy atom. The Morgan fingerprint density at radius 1 is 1.29 bits per heavy atom. The zero-order valence-electron chi connectivity index (χ0n) is 10.2. The maximum atomic E-state index is 4.61. The van der Waals surface area contributed by atoms with Gasteiger partial charge >= 0.3 is 0 Å². The Kier molecular flexibility index (Phi) is 2.84. The van der Waals surface area contributed by atoms with Gasteiger partial charge in [-0.15, -0.1) is 0 Å². The molecule has 1 saturated carbocycles. The molecule has 92 valence electrons. The molecule has 1 aliphatic heterocycles. The molecule has 0 radical (unpaired) electrons. The molecule has 5 heteroatoms. The molecule has 3 rings (SSSR count). The minimum absolute atomic E-state index is 0.604. The van der Waals surface area contributed by atoms with Crippen LogP contribution in [0.4, 0.5) is 11.8 Å². The maximum Gasteiger partial charge on any atom is 0.225 e. The van der Waals surface area contributed by atoms with E-state index in [1.807, 2.05) is 6.92 Å². The lowest BCUT2D eigenvalue weighted by atomic mass is 10.3. The first-order valence-corrected chi connectivity index (χ1v) is 6.39. The first-order chi connectivity index (χ1) is 8.31. The van der Waals surface area contributed by atoms with Gasteiger partial charge in [-0.1, -0.05) is 0 Å². The zero-order valence-corrected chi connectivity index (χ0v) is 10.2. The van der Waals surface area contributed by atoms with Crippen LogP contribution in [-0.2, 0) is 0 Å². The highest BCUT2D eigenvalue weighted by Gasteiger charge is 2.22. The summed E-state index contributed by atoms with van der Waals surface area (Å²) in [7, 11) is 0. The highest BCUT2D eigenvalue weighted by atomic mass is 15.3. The Bertz CT molecular complexity index is 396. The van der Waals surface area contributed by atoms with E-state index in [-0.39, 0.29) is 0 Å². The van der Waals surface area contributed by atoms with E-state index in [2.05, 4.69) is 31.6 Å². The van der Waals surface area contributed by atoms with Gasteiger partial charge in [0.25, 0.3) is 0 Å². The summed E-state index contributed by atoms with van der Waals surface area (Å²) in [6.45, 7) is 6.16. The highest BCUT2D eigenvalue weighted by molar-refractivity contribution is 5.45. The van der Waals surface area contributed by atoms with E-state index >= 15 is 0 Å². The van der Waals surface area contributed by atoms with E-state index in [1.54, 1.807) is 0 Å². The molecule has 0 unspecified atom stereocenters. The van der Waals surface area contributed by atoms with Crippen LogP contribution in [0.1, 0.15) is 18.5 Å². The molecule has 0 spiro atoms. The van der Waals surface area contributed by atoms with E-state index in [1.165, 1.54) is 12.8 Å². The van der Waals surface area contributed by atoms with Crippen molar-refractivity contribution in [1.82, 2.24) is 15.3 Å². The number of aryl methyl sites for hydroxylation is 1. The van der Waals surface area contributed by atoms with Crippen LogP contribution in [0.3, 0.4) is 0 Å².